The molecular formula is C18H23N3O2. The molecule has 3 rings (SSSR count). The van der Waals surface area contributed by atoms with Crippen molar-refractivity contribution in [3.8, 4) is 0 Å². The third-order valence-electron chi connectivity index (χ3n) is 4.61. The molecule has 5 nitrogen and oxygen atoms in total. The lowest BCUT2D eigenvalue weighted by atomic mass is 10.1. The van der Waals surface area contributed by atoms with Crippen LogP contribution in [0.25, 0.3) is 10.9 Å². The Hall–Kier alpha value is -2.14. The van der Waals surface area contributed by atoms with E-state index in [4.69, 9.17) is 0 Å². The molecule has 1 N–H and O–H groups in total. The Labute approximate surface area is 136 Å². The molecule has 1 atom stereocenters. The number of nitrogens with zero attached hydrogens (tertiary/aromatic N) is 3. The Kier molecular flexibility index (Phi) is 4.22. The Morgan fingerprint density at radius 3 is 2.48 bits per heavy atom. The first kappa shape index (κ1) is 15.7. The van der Waals surface area contributed by atoms with E-state index in [0.29, 0.717) is 13.1 Å². The van der Waals surface area contributed by atoms with Crippen molar-refractivity contribution in [2.24, 2.45) is 0 Å². The number of carbonyl (C=O) groups excluding carboxylic acids is 1. The standard InChI is InChI=1S/C18H23N3O2/c1-12-13(2)19-16-7-5-4-6-15(16)17(12)20-8-10-21(11-9-20)18(23)14(3)22/h4-7,14,22H,8-11H2,1-3H3. The highest BCUT2D eigenvalue weighted by atomic mass is 16.3. The van der Waals surface area contributed by atoms with Gasteiger partial charge in [0, 0.05) is 37.3 Å². The molecule has 23 heavy (non-hydrogen) atoms. The van der Waals surface area contributed by atoms with Crippen LogP contribution in [0.5, 0.6) is 0 Å². The number of aromatic nitrogens is 1. The number of carbonyl (C=O) groups is 1. The van der Waals surface area contributed by atoms with Gasteiger partial charge in [-0.15, -0.1) is 0 Å². The molecule has 2 heterocycles. The summed E-state index contributed by atoms with van der Waals surface area (Å²) < 4.78 is 0. The van der Waals surface area contributed by atoms with Gasteiger partial charge in [0.2, 0.25) is 0 Å². The number of aliphatic hydroxyl groups is 1. The zero-order valence-corrected chi connectivity index (χ0v) is 13.9. The van der Waals surface area contributed by atoms with Gasteiger partial charge in [0.15, 0.2) is 0 Å². The average molecular weight is 313 g/mol. The van der Waals surface area contributed by atoms with Crippen LogP contribution in [0.3, 0.4) is 0 Å². The molecule has 1 unspecified atom stereocenters. The molecule has 1 aliphatic rings. The number of hydrogen-bond acceptors (Lipinski definition) is 4. The molecule has 1 amide bonds. The Bertz CT molecular complexity index is 734. The Balaban J connectivity index is 1.90. The molecule has 0 aliphatic carbocycles. The number of piperazine rings is 1. The molecule has 1 aliphatic heterocycles. The molecule has 1 fully saturated rings. The van der Waals surface area contributed by atoms with Crippen molar-refractivity contribution in [1.82, 2.24) is 9.88 Å². The summed E-state index contributed by atoms with van der Waals surface area (Å²) in [6, 6.07) is 8.19. The van der Waals surface area contributed by atoms with Gasteiger partial charge < -0.3 is 14.9 Å². The van der Waals surface area contributed by atoms with Gasteiger partial charge in [-0.3, -0.25) is 9.78 Å². The second kappa shape index (κ2) is 6.16. The fourth-order valence-electron chi connectivity index (χ4n) is 3.23. The number of anilines is 1. The van der Waals surface area contributed by atoms with Crippen LogP contribution in [0.2, 0.25) is 0 Å². The van der Waals surface area contributed by atoms with Crippen molar-refractivity contribution < 1.29 is 9.90 Å². The molecule has 0 radical (unpaired) electrons. The monoisotopic (exact) mass is 313 g/mol. The summed E-state index contributed by atoms with van der Waals surface area (Å²) in [6.07, 6.45) is -0.924. The fraction of sp³-hybridized carbons (Fsp3) is 0.444. The van der Waals surface area contributed by atoms with Gasteiger partial charge in [-0.05, 0) is 32.4 Å². The lowest BCUT2D eigenvalue weighted by molar-refractivity contribution is -0.139. The fourth-order valence-corrected chi connectivity index (χ4v) is 3.23. The highest BCUT2D eigenvalue weighted by Crippen LogP contribution is 2.31. The minimum atomic E-state index is -0.924. The third kappa shape index (κ3) is 2.88. The minimum Gasteiger partial charge on any atom is -0.384 e. The van der Waals surface area contributed by atoms with E-state index in [9.17, 15) is 9.90 Å². The van der Waals surface area contributed by atoms with Gasteiger partial charge in [0.1, 0.15) is 6.10 Å². The smallest absolute Gasteiger partial charge is 0.251 e. The van der Waals surface area contributed by atoms with E-state index in [0.717, 1.165) is 29.7 Å². The maximum absolute atomic E-state index is 11.9. The van der Waals surface area contributed by atoms with Crippen LogP contribution < -0.4 is 4.90 Å². The summed E-state index contributed by atoms with van der Waals surface area (Å²) in [5.41, 5.74) is 4.46. The van der Waals surface area contributed by atoms with Gasteiger partial charge in [0.05, 0.1) is 11.2 Å². The van der Waals surface area contributed by atoms with E-state index in [-0.39, 0.29) is 5.91 Å². The van der Waals surface area contributed by atoms with Crippen LogP contribution in [-0.4, -0.2) is 53.2 Å². The molecule has 5 heteroatoms. The van der Waals surface area contributed by atoms with Crippen LogP contribution in [0.1, 0.15) is 18.2 Å². The van der Waals surface area contributed by atoms with E-state index in [1.54, 1.807) is 4.90 Å². The summed E-state index contributed by atoms with van der Waals surface area (Å²) in [5, 5.41) is 10.6. The van der Waals surface area contributed by atoms with Crippen molar-refractivity contribution in [1.29, 1.82) is 0 Å². The lowest BCUT2D eigenvalue weighted by Gasteiger charge is -2.38. The van der Waals surface area contributed by atoms with Gasteiger partial charge >= 0.3 is 0 Å². The molecule has 1 aromatic heterocycles. The molecule has 0 saturated carbocycles. The number of fused-ring (bicyclic) bond motifs is 1. The highest BCUT2D eigenvalue weighted by molar-refractivity contribution is 5.94. The van der Waals surface area contributed by atoms with Crippen LogP contribution in [-0.2, 0) is 4.79 Å². The van der Waals surface area contributed by atoms with Crippen molar-refractivity contribution in [2.45, 2.75) is 26.9 Å². The maximum atomic E-state index is 11.9. The molecule has 122 valence electrons. The number of aryl methyl sites for hydroxylation is 1. The lowest BCUT2D eigenvalue weighted by Crippen LogP contribution is -2.51. The number of para-hydroxylation sites is 1. The van der Waals surface area contributed by atoms with Crippen molar-refractivity contribution in [3.63, 3.8) is 0 Å². The predicted octanol–water partition coefficient (Wildman–Crippen LogP) is 1.88. The first-order valence-electron chi connectivity index (χ1n) is 8.07. The average Bonchev–Trinajstić information content (AvgIpc) is 2.55. The summed E-state index contributed by atoms with van der Waals surface area (Å²) >= 11 is 0. The van der Waals surface area contributed by atoms with Gasteiger partial charge in [-0.25, -0.2) is 0 Å². The Morgan fingerprint density at radius 1 is 1.17 bits per heavy atom. The van der Waals surface area contributed by atoms with E-state index in [2.05, 4.69) is 22.9 Å². The maximum Gasteiger partial charge on any atom is 0.251 e. The number of amides is 1. The van der Waals surface area contributed by atoms with Crippen LogP contribution in [0.4, 0.5) is 5.69 Å². The SMILES string of the molecule is Cc1nc2ccccc2c(N2CCN(C(=O)C(C)O)CC2)c1C. The van der Waals surface area contributed by atoms with Crippen LogP contribution >= 0.6 is 0 Å². The van der Waals surface area contributed by atoms with Crippen molar-refractivity contribution >= 4 is 22.5 Å². The summed E-state index contributed by atoms with van der Waals surface area (Å²) in [6.45, 7) is 8.49. The van der Waals surface area contributed by atoms with Gasteiger partial charge in [-0.1, -0.05) is 18.2 Å². The van der Waals surface area contributed by atoms with Gasteiger partial charge in [0.25, 0.3) is 5.91 Å². The van der Waals surface area contributed by atoms with E-state index < -0.39 is 6.10 Å². The minimum absolute atomic E-state index is 0.183. The number of hydrogen-bond donors (Lipinski definition) is 1. The van der Waals surface area contributed by atoms with Crippen molar-refractivity contribution in [3.05, 3.63) is 35.5 Å². The van der Waals surface area contributed by atoms with E-state index in [1.165, 1.54) is 18.2 Å². The zero-order chi connectivity index (χ0) is 16.6. The molecule has 2 aromatic rings. The highest BCUT2D eigenvalue weighted by Gasteiger charge is 2.25. The Morgan fingerprint density at radius 2 is 1.83 bits per heavy atom. The summed E-state index contributed by atoms with van der Waals surface area (Å²) in [5.74, 6) is -0.183. The molecule has 0 bridgehead atoms. The second-order valence-electron chi connectivity index (χ2n) is 6.18. The largest absolute Gasteiger partial charge is 0.384 e. The zero-order valence-electron chi connectivity index (χ0n) is 13.9. The quantitative estimate of drug-likeness (QED) is 0.920. The molecule has 1 aromatic carbocycles. The van der Waals surface area contributed by atoms with E-state index in [1.807, 2.05) is 25.1 Å². The van der Waals surface area contributed by atoms with E-state index >= 15 is 0 Å². The topological polar surface area (TPSA) is 56.7 Å². The molecular weight excluding hydrogens is 290 g/mol. The summed E-state index contributed by atoms with van der Waals surface area (Å²) in [7, 11) is 0. The molecule has 0 spiro atoms. The molecule has 1 saturated heterocycles. The first-order valence-corrected chi connectivity index (χ1v) is 8.07. The predicted molar refractivity (Wildman–Crippen MR) is 91.7 cm³/mol. The van der Waals surface area contributed by atoms with Crippen molar-refractivity contribution in [2.75, 3.05) is 31.1 Å². The number of rotatable bonds is 2. The van der Waals surface area contributed by atoms with Crippen LogP contribution in [0, 0.1) is 13.8 Å². The number of aliphatic hydroxyl groups excluding tert-OH is 1. The number of benzene rings is 1. The van der Waals surface area contributed by atoms with Crippen LogP contribution in [0.15, 0.2) is 24.3 Å². The normalized spacial score (nSPS) is 16.7. The number of pyridine rings is 1. The van der Waals surface area contributed by atoms with Gasteiger partial charge in [-0.2, -0.15) is 0 Å². The third-order valence-corrected chi connectivity index (χ3v) is 4.61. The first-order chi connectivity index (χ1) is 11.0. The summed E-state index contributed by atoms with van der Waals surface area (Å²) in [4.78, 5) is 20.7. The second-order valence-corrected chi connectivity index (χ2v) is 6.18.